The number of aryl methyl sites for hydroxylation is 1. The van der Waals surface area contributed by atoms with Crippen molar-refractivity contribution in [2.75, 3.05) is 38.5 Å². The van der Waals surface area contributed by atoms with Gasteiger partial charge in [-0.15, -0.1) is 0 Å². The molecular weight excluding hydrogens is 414 g/mol. The topological polar surface area (TPSA) is 108 Å². The molecule has 1 atom stereocenters. The highest BCUT2D eigenvalue weighted by Gasteiger charge is 2.17. The maximum absolute atomic E-state index is 12.3. The maximum Gasteiger partial charge on any atom is 0.213 e. The number of hydrogen-bond acceptors (Lipinski definition) is 4. The van der Waals surface area contributed by atoms with Gasteiger partial charge >= 0.3 is 0 Å². The summed E-state index contributed by atoms with van der Waals surface area (Å²) in [7, 11) is -3.37. The highest BCUT2D eigenvalue weighted by Crippen LogP contribution is 2.21. The first-order valence-corrected chi connectivity index (χ1v) is 12.8. The summed E-state index contributed by atoms with van der Waals surface area (Å²) in [4.78, 5) is 7.77. The molecule has 1 saturated heterocycles. The lowest BCUT2D eigenvalue weighted by molar-refractivity contribution is 0.0200. The summed E-state index contributed by atoms with van der Waals surface area (Å²) in [5.41, 5.74) is 3.66. The Morgan fingerprint density at radius 3 is 2.94 bits per heavy atom. The molecule has 9 heteroatoms. The molecule has 1 aliphatic heterocycles. The molecule has 1 aromatic heterocycles. The highest BCUT2D eigenvalue weighted by atomic mass is 32.2. The molecule has 0 saturated carbocycles. The summed E-state index contributed by atoms with van der Waals surface area (Å²) in [6.45, 7) is 6.76. The fraction of sp³-hybridized carbons (Fsp3) is 0.591. The second-order valence-corrected chi connectivity index (χ2v) is 9.83. The van der Waals surface area contributed by atoms with E-state index >= 15 is 0 Å². The fourth-order valence-corrected chi connectivity index (χ4v) is 4.68. The van der Waals surface area contributed by atoms with Crippen LogP contribution in [0.1, 0.15) is 37.3 Å². The number of aromatic amines is 1. The van der Waals surface area contributed by atoms with Crippen LogP contribution in [0.5, 0.6) is 0 Å². The monoisotopic (exact) mass is 449 g/mol. The Kier molecular flexibility index (Phi) is 8.74. The molecule has 1 fully saturated rings. The number of nitrogens with one attached hydrogen (secondary N) is 4. The highest BCUT2D eigenvalue weighted by molar-refractivity contribution is 7.89. The third kappa shape index (κ3) is 7.22. The molecule has 1 unspecified atom stereocenters. The minimum atomic E-state index is -3.37. The van der Waals surface area contributed by atoms with Crippen molar-refractivity contribution in [2.24, 2.45) is 4.99 Å². The van der Waals surface area contributed by atoms with E-state index in [0.29, 0.717) is 32.2 Å². The van der Waals surface area contributed by atoms with Crippen molar-refractivity contribution in [3.05, 3.63) is 35.5 Å². The largest absolute Gasteiger partial charge is 0.377 e. The number of sulfonamides is 1. The van der Waals surface area contributed by atoms with E-state index in [1.54, 1.807) is 0 Å². The Morgan fingerprint density at radius 2 is 2.16 bits per heavy atom. The van der Waals surface area contributed by atoms with Gasteiger partial charge in [-0.1, -0.05) is 18.2 Å². The molecule has 0 bridgehead atoms. The van der Waals surface area contributed by atoms with Crippen LogP contribution in [0.15, 0.2) is 29.4 Å². The average molecular weight is 450 g/mol. The average Bonchev–Trinajstić information content (AvgIpc) is 3.17. The van der Waals surface area contributed by atoms with Crippen LogP contribution < -0.4 is 15.4 Å². The lowest BCUT2D eigenvalue weighted by Gasteiger charge is -2.22. The number of guanidine groups is 1. The van der Waals surface area contributed by atoms with Gasteiger partial charge in [0, 0.05) is 43.3 Å². The van der Waals surface area contributed by atoms with Gasteiger partial charge in [0.25, 0.3) is 0 Å². The van der Waals surface area contributed by atoms with Crippen LogP contribution in [0.25, 0.3) is 10.9 Å². The Hall–Kier alpha value is -2.10. The number of hydrogen-bond donors (Lipinski definition) is 4. The molecule has 2 aromatic rings. The van der Waals surface area contributed by atoms with Crippen molar-refractivity contribution >= 4 is 26.9 Å². The van der Waals surface area contributed by atoms with Crippen molar-refractivity contribution in [1.29, 1.82) is 0 Å². The molecule has 172 valence electrons. The molecule has 0 radical (unpaired) electrons. The number of nitrogens with zero attached hydrogens (tertiary/aromatic N) is 1. The van der Waals surface area contributed by atoms with Gasteiger partial charge in [0.05, 0.1) is 18.4 Å². The summed E-state index contributed by atoms with van der Waals surface area (Å²) in [5.74, 6) is 0.585. The molecule has 1 aromatic carbocycles. The zero-order chi connectivity index (χ0) is 22.1. The molecule has 4 N–H and O–H groups in total. The van der Waals surface area contributed by atoms with E-state index in [1.165, 1.54) is 22.0 Å². The number of aromatic nitrogens is 1. The molecule has 0 amide bonds. The number of aliphatic imine (C=N–C) groups is 1. The molecule has 8 nitrogen and oxygen atoms in total. The van der Waals surface area contributed by atoms with Crippen LogP contribution in [0, 0.1) is 6.92 Å². The van der Waals surface area contributed by atoms with Crippen LogP contribution in [0.2, 0.25) is 0 Å². The van der Waals surface area contributed by atoms with Gasteiger partial charge in [0.1, 0.15) is 0 Å². The van der Waals surface area contributed by atoms with E-state index in [9.17, 15) is 8.42 Å². The van der Waals surface area contributed by atoms with Crippen molar-refractivity contribution in [1.82, 2.24) is 20.3 Å². The Balaban J connectivity index is 1.46. The Bertz CT molecular complexity index is 965. The minimum Gasteiger partial charge on any atom is -0.377 e. The summed E-state index contributed by atoms with van der Waals surface area (Å²) < 4.78 is 32.7. The number of para-hydroxylation sites is 1. The fourth-order valence-electron chi connectivity index (χ4n) is 3.77. The minimum absolute atomic E-state index is 0.0145. The first-order chi connectivity index (χ1) is 15.0. The number of rotatable bonds is 10. The van der Waals surface area contributed by atoms with E-state index in [0.717, 1.165) is 25.7 Å². The normalized spacial score (nSPS) is 17.7. The predicted octanol–water partition coefficient (Wildman–Crippen LogP) is 2.06. The van der Waals surface area contributed by atoms with E-state index in [2.05, 4.69) is 56.7 Å². The van der Waals surface area contributed by atoms with E-state index in [-0.39, 0.29) is 18.4 Å². The zero-order valence-electron chi connectivity index (χ0n) is 18.5. The lowest BCUT2D eigenvalue weighted by atomic mass is 10.1. The van der Waals surface area contributed by atoms with Gasteiger partial charge in [-0.05, 0) is 50.7 Å². The third-order valence-corrected chi connectivity index (χ3v) is 6.80. The second-order valence-electron chi connectivity index (χ2n) is 7.90. The Morgan fingerprint density at radius 1 is 1.29 bits per heavy atom. The Labute approximate surface area is 185 Å². The molecule has 31 heavy (non-hydrogen) atoms. The lowest BCUT2D eigenvalue weighted by Crippen LogP contribution is -2.39. The molecule has 3 rings (SSSR count). The second kappa shape index (κ2) is 11.5. The van der Waals surface area contributed by atoms with E-state index in [1.807, 2.05) is 6.92 Å². The standard InChI is InChI=1S/C22H35N5O3S/c1-3-23-22(24-11-10-18-15-26-21-17(2)7-6-9-20(18)21)25-12-14-31(28,29)27-16-19-8-4-5-13-30-19/h6-7,9,15,19,26-27H,3-5,8,10-14,16H2,1-2H3,(H2,23,24,25). The van der Waals surface area contributed by atoms with Gasteiger partial charge in [-0.3, -0.25) is 4.99 Å². The summed E-state index contributed by atoms with van der Waals surface area (Å²) in [6.07, 6.45) is 5.93. The summed E-state index contributed by atoms with van der Waals surface area (Å²) >= 11 is 0. The van der Waals surface area contributed by atoms with Crippen molar-refractivity contribution < 1.29 is 13.2 Å². The van der Waals surface area contributed by atoms with Gasteiger partial charge in [0.2, 0.25) is 10.0 Å². The number of ether oxygens (including phenoxy) is 1. The quantitative estimate of drug-likeness (QED) is 0.328. The summed E-state index contributed by atoms with van der Waals surface area (Å²) in [5, 5.41) is 7.71. The number of fused-ring (bicyclic) bond motifs is 1. The predicted molar refractivity (Wildman–Crippen MR) is 126 cm³/mol. The molecule has 2 heterocycles. The zero-order valence-corrected chi connectivity index (χ0v) is 19.4. The third-order valence-electron chi connectivity index (χ3n) is 5.48. The molecular formula is C22H35N5O3S. The van der Waals surface area contributed by atoms with Gasteiger partial charge in [0.15, 0.2) is 5.96 Å². The van der Waals surface area contributed by atoms with Crippen LogP contribution in [0.3, 0.4) is 0 Å². The van der Waals surface area contributed by atoms with Crippen LogP contribution in [0.4, 0.5) is 0 Å². The van der Waals surface area contributed by atoms with Gasteiger partial charge < -0.3 is 20.4 Å². The van der Waals surface area contributed by atoms with Gasteiger partial charge in [-0.25, -0.2) is 13.1 Å². The first-order valence-electron chi connectivity index (χ1n) is 11.1. The summed E-state index contributed by atoms with van der Waals surface area (Å²) in [6, 6.07) is 6.30. The molecule has 1 aliphatic rings. The molecule has 0 spiro atoms. The van der Waals surface area contributed by atoms with E-state index in [4.69, 9.17) is 4.74 Å². The SMILES string of the molecule is CCNC(=NCCS(=O)(=O)NCC1CCCCO1)NCCc1c[nH]c2c(C)cccc12. The van der Waals surface area contributed by atoms with Crippen molar-refractivity contribution in [3.63, 3.8) is 0 Å². The van der Waals surface area contributed by atoms with Gasteiger partial charge in [-0.2, -0.15) is 0 Å². The first kappa shape index (κ1) is 23.6. The number of H-pyrrole nitrogens is 1. The van der Waals surface area contributed by atoms with Crippen molar-refractivity contribution in [2.45, 2.75) is 45.6 Å². The van der Waals surface area contributed by atoms with E-state index < -0.39 is 10.0 Å². The van der Waals surface area contributed by atoms with Crippen molar-refractivity contribution in [3.8, 4) is 0 Å². The smallest absolute Gasteiger partial charge is 0.213 e. The van der Waals surface area contributed by atoms with Crippen LogP contribution in [-0.4, -0.2) is 64.0 Å². The maximum atomic E-state index is 12.3. The number of benzene rings is 1. The van der Waals surface area contributed by atoms with Crippen LogP contribution in [-0.2, 0) is 21.2 Å². The molecule has 0 aliphatic carbocycles. The van der Waals surface area contributed by atoms with Crippen LogP contribution >= 0.6 is 0 Å².